The average Bonchev–Trinajstić information content (AvgIpc) is 3.32. The van der Waals surface area contributed by atoms with Crippen LogP contribution in [0.4, 0.5) is 0 Å². The highest BCUT2D eigenvalue weighted by Crippen LogP contribution is 2.43. The van der Waals surface area contributed by atoms with Gasteiger partial charge in [0.15, 0.2) is 5.54 Å². The van der Waals surface area contributed by atoms with Crippen LogP contribution in [0.2, 0.25) is 5.02 Å². The van der Waals surface area contributed by atoms with Gasteiger partial charge in [0.05, 0.1) is 5.71 Å². The minimum atomic E-state index is -0.880. The number of nitrogens with zero attached hydrogens (tertiary/aromatic N) is 1. The second kappa shape index (κ2) is 6.02. The summed E-state index contributed by atoms with van der Waals surface area (Å²) in [6, 6.07) is 16.8. The molecule has 0 radical (unpaired) electrons. The van der Waals surface area contributed by atoms with Crippen LogP contribution in [-0.4, -0.2) is 11.5 Å². The first kappa shape index (κ1) is 15.5. The second-order valence-corrected chi connectivity index (χ2v) is 6.25. The normalized spacial score (nSPS) is 18.9. The lowest BCUT2D eigenvalue weighted by Gasteiger charge is -2.13. The van der Waals surface area contributed by atoms with Crippen molar-refractivity contribution in [3.05, 3.63) is 70.7 Å². The van der Waals surface area contributed by atoms with E-state index in [2.05, 4.69) is 16.8 Å². The Labute approximate surface area is 141 Å². The third-order valence-electron chi connectivity index (χ3n) is 3.84. The van der Waals surface area contributed by atoms with Gasteiger partial charge in [0, 0.05) is 10.6 Å². The largest absolute Gasteiger partial charge is 0.281 e. The van der Waals surface area contributed by atoms with Gasteiger partial charge < -0.3 is 0 Å². The summed E-state index contributed by atoms with van der Waals surface area (Å²) in [6.45, 7) is 4.09. The van der Waals surface area contributed by atoms with Crippen molar-refractivity contribution in [3.8, 4) is 11.8 Å². The number of carbonyl (C=O) groups excluding carboxylic acids is 1. The van der Waals surface area contributed by atoms with Crippen LogP contribution < -0.4 is 0 Å². The molecule has 23 heavy (non-hydrogen) atoms. The minimum absolute atomic E-state index is 0.178. The minimum Gasteiger partial charge on any atom is -0.281 e. The van der Waals surface area contributed by atoms with Crippen LogP contribution in [0.5, 0.6) is 0 Å². The fourth-order valence-electron chi connectivity index (χ4n) is 2.64. The van der Waals surface area contributed by atoms with Crippen LogP contribution in [0.1, 0.15) is 25.0 Å². The summed E-state index contributed by atoms with van der Waals surface area (Å²) in [4.78, 5) is 17.3. The lowest BCUT2D eigenvalue weighted by molar-refractivity contribution is -0.115. The monoisotopic (exact) mass is 321 g/mol. The number of ketones is 1. The third kappa shape index (κ3) is 2.93. The van der Waals surface area contributed by atoms with Gasteiger partial charge in [-0.3, -0.25) is 9.79 Å². The van der Waals surface area contributed by atoms with E-state index in [-0.39, 0.29) is 11.7 Å². The Morgan fingerprint density at radius 3 is 2.30 bits per heavy atom. The zero-order valence-electron chi connectivity index (χ0n) is 13.0. The zero-order valence-corrected chi connectivity index (χ0v) is 13.8. The van der Waals surface area contributed by atoms with Crippen molar-refractivity contribution in [2.45, 2.75) is 19.4 Å². The van der Waals surface area contributed by atoms with Gasteiger partial charge in [-0.2, -0.15) is 0 Å². The maximum absolute atomic E-state index is 12.8. The van der Waals surface area contributed by atoms with Crippen molar-refractivity contribution in [1.29, 1.82) is 0 Å². The molecule has 2 nitrogen and oxygen atoms in total. The number of hydrogen-bond donors (Lipinski definition) is 0. The first-order valence-corrected chi connectivity index (χ1v) is 7.89. The van der Waals surface area contributed by atoms with Crippen LogP contribution >= 0.6 is 11.6 Å². The van der Waals surface area contributed by atoms with Crippen LogP contribution in [0.25, 0.3) is 0 Å². The van der Waals surface area contributed by atoms with Crippen molar-refractivity contribution in [3.63, 3.8) is 0 Å². The summed E-state index contributed by atoms with van der Waals surface area (Å²) < 4.78 is 0. The summed E-state index contributed by atoms with van der Waals surface area (Å²) in [5, 5.41) is 0.648. The molecule has 1 unspecified atom stereocenters. The smallest absolute Gasteiger partial charge is 0.243 e. The molecule has 1 aliphatic rings. The first-order chi connectivity index (χ1) is 11.0. The third-order valence-corrected chi connectivity index (χ3v) is 4.09. The second-order valence-electron chi connectivity index (χ2n) is 5.81. The molecule has 2 aromatic rings. The van der Waals surface area contributed by atoms with Gasteiger partial charge in [-0.15, -0.1) is 0 Å². The lowest BCUT2D eigenvalue weighted by Crippen LogP contribution is -2.29. The predicted octanol–water partition coefficient (Wildman–Crippen LogP) is 4.27. The molecule has 1 heterocycles. The summed E-state index contributed by atoms with van der Waals surface area (Å²) in [5.74, 6) is 5.71. The van der Waals surface area contributed by atoms with E-state index in [0.29, 0.717) is 5.02 Å². The van der Waals surface area contributed by atoms with E-state index in [4.69, 9.17) is 11.6 Å². The molecule has 0 fully saturated rings. The van der Waals surface area contributed by atoms with E-state index < -0.39 is 5.54 Å². The molecule has 0 saturated carbocycles. The fourth-order valence-corrected chi connectivity index (χ4v) is 2.77. The SMILES string of the molecule is CC(C)C1=NC1(C(=O)C#Cc1ccc(Cl)cc1)c1ccccc1. The Kier molecular flexibility index (Phi) is 4.07. The maximum atomic E-state index is 12.8. The summed E-state index contributed by atoms with van der Waals surface area (Å²) in [7, 11) is 0. The molecule has 0 N–H and O–H groups in total. The standard InChI is InChI=1S/C20H16ClNO/c1-14(2)19-20(22-19,16-6-4-3-5-7-16)18(23)13-10-15-8-11-17(21)12-9-15/h3-9,11-12,14H,1-2H3. The Balaban J connectivity index is 1.91. The molecule has 2 aromatic carbocycles. The van der Waals surface area contributed by atoms with E-state index >= 15 is 0 Å². The van der Waals surface area contributed by atoms with Crippen molar-refractivity contribution < 1.29 is 4.79 Å². The molecule has 3 heteroatoms. The molecule has 0 saturated heterocycles. The Hall–Kier alpha value is -2.37. The topological polar surface area (TPSA) is 29.4 Å². The van der Waals surface area contributed by atoms with Crippen LogP contribution in [0.3, 0.4) is 0 Å². The Morgan fingerprint density at radius 2 is 1.74 bits per heavy atom. The number of Topliss-reactive ketones (excluding diaryl/α,β-unsaturated/α-hetero) is 1. The summed E-state index contributed by atoms with van der Waals surface area (Å²) in [6.07, 6.45) is 0. The summed E-state index contributed by atoms with van der Waals surface area (Å²) in [5.41, 5.74) is 1.67. The fraction of sp³-hybridized carbons (Fsp3) is 0.200. The number of halogens is 1. The van der Waals surface area contributed by atoms with Crippen molar-refractivity contribution in [2.24, 2.45) is 10.9 Å². The number of carbonyl (C=O) groups is 1. The van der Waals surface area contributed by atoms with E-state index in [1.54, 1.807) is 24.3 Å². The zero-order chi connectivity index (χ0) is 16.4. The number of hydrogen-bond acceptors (Lipinski definition) is 2. The molecular weight excluding hydrogens is 306 g/mol. The van der Waals surface area contributed by atoms with E-state index in [1.807, 2.05) is 44.2 Å². The Bertz CT molecular complexity index is 825. The molecular formula is C20H16ClNO. The molecule has 0 bridgehead atoms. The number of rotatable bonds is 3. The number of benzene rings is 2. The van der Waals surface area contributed by atoms with Crippen LogP contribution in [0.15, 0.2) is 59.6 Å². The molecule has 1 atom stereocenters. The highest BCUT2D eigenvalue weighted by atomic mass is 35.5. The molecule has 0 amide bonds. The van der Waals surface area contributed by atoms with Gasteiger partial charge in [0.1, 0.15) is 0 Å². The molecule has 3 rings (SSSR count). The van der Waals surface area contributed by atoms with Gasteiger partial charge in [0.25, 0.3) is 0 Å². The number of aliphatic imine (C=N–C) groups is 1. The lowest BCUT2D eigenvalue weighted by atomic mass is 9.85. The average molecular weight is 322 g/mol. The molecule has 0 aromatic heterocycles. The van der Waals surface area contributed by atoms with E-state index in [0.717, 1.165) is 16.8 Å². The first-order valence-electron chi connectivity index (χ1n) is 7.52. The van der Waals surface area contributed by atoms with E-state index in [1.165, 1.54) is 0 Å². The van der Waals surface area contributed by atoms with Crippen molar-refractivity contribution in [1.82, 2.24) is 0 Å². The van der Waals surface area contributed by atoms with Gasteiger partial charge in [-0.1, -0.05) is 61.7 Å². The predicted molar refractivity (Wildman–Crippen MR) is 93.7 cm³/mol. The van der Waals surface area contributed by atoms with Gasteiger partial charge in [-0.05, 0) is 41.7 Å². The summed E-state index contributed by atoms with van der Waals surface area (Å²) >= 11 is 5.86. The van der Waals surface area contributed by atoms with E-state index in [9.17, 15) is 4.79 Å². The van der Waals surface area contributed by atoms with Crippen molar-refractivity contribution >= 4 is 23.1 Å². The highest BCUT2D eigenvalue weighted by molar-refractivity contribution is 6.30. The molecule has 1 aliphatic heterocycles. The van der Waals surface area contributed by atoms with Crippen molar-refractivity contribution in [2.75, 3.05) is 0 Å². The van der Waals surface area contributed by atoms with Crippen LogP contribution in [0, 0.1) is 17.8 Å². The molecule has 0 spiro atoms. The maximum Gasteiger partial charge on any atom is 0.243 e. The van der Waals surface area contributed by atoms with Gasteiger partial charge in [0.2, 0.25) is 5.78 Å². The van der Waals surface area contributed by atoms with Crippen LogP contribution in [-0.2, 0) is 10.3 Å². The highest BCUT2D eigenvalue weighted by Gasteiger charge is 2.55. The Morgan fingerprint density at radius 1 is 1.09 bits per heavy atom. The van der Waals surface area contributed by atoms with Gasteiger partial charge in [-0.25, -0.2) is 0 Å². The molecule has 114 valence electrons. The van der Waals surface area contributed by atoms with Gasteiger partial charge >= 0.3 is 0 Å². The molecule has 0 aliphatic carbocycles. The quantitative estimate of drug-likeness (QED) is 0.776.